The maximum atomic E-state index is 5.70. The zero-order chi connectivity index (χ0) is 12.6. The monoisotopic (exact) mass is 232 g/mol. The fraction of sp³-hybridized carbons (Fsp3) is 0.455. The van der Waals surface area contributed by atoms with Crippen LogP contribution in [0.3, 0.4) is 0 Å². The zero-order valence-electron chi connectivity index (χ0n) is 10.5. The van der Waals surface area contributed by atoms with Gasteiger partial charge in [0, 0.05) is 18.7 Å². The molecule has 0 aliphatic heterocycles. The van der Waals surface area contributed by atoms with Gasteiger partial charge in [-0.15, -0.1) is 0 Å². The van der Waals surface area contributed by atoms with Crippen molar-refractivity contribution in [3.8, 4) is 11.5 Å². The molecule has 0 bridgehead atoms. The topological polar surface area (TPSA) is 82.5 Å². The van der Waals surface area contributed by atoms with E-state index in [4.69, 9.17) is 5.73 Å². The molecule has 0 spiro atoms. The van der Waals surface area contributed by atoms with E-state index in [1.807, 2.05) is 40.1 Å². The van der Waals surface area contributed by atoms with Gasteiger partial charge in [0.2, 0.25) is 5.95 Å². The van der Waals surface area contributed by atoms with Crippen LogP contribution in [0.15, 0.2) is 12.3 Å². The summed E-state index contributed by atoms with van der Waals surface area (Å²) in [5, 5.41) is 4.25. The second-order valence-electron chi connectivity index (χ2n) is 4.97. The third-order valence-corrected chi connectivity index (χ3v) is 2.27. The Kier molecular flexibility index (Phi) is 2.57. The fourth-order valence-electron chi connectivity index (χ4n) is 1.38. The predicted molar refractivity (Wildman–Crippen MR) is 65.1 cm³/mol. The lowest BCUT2D eigenvalue weighted by atomic mass is 9.96. The molecule has 0 unspecified atom stereocenters. The lowest BCUT2D eigenvalue weighted by molar-refractivity contribution is 0.544. The molecule has 0 aliphatic rings. The number of nitrogen functional groups attached to an aromatic ring is 1. The molecule has 0 radical (unpaired) electrons. The molecular formula is C11H16N6. The highest BCUT2D eigenvalue weighted by atomic mass is 15.3. The number of aromatic nitrogens is 5. The Bertz CT molecular complexity index is 537. The number of nitrogens with two attached hydrogens (primary N) is 1. The highest BCUT2D eigenvalue weighted by Crippen LogP contribution is 2.21. The number of hydrogen-bond donors (Lipinski definition) is 1. The largest absolute Gasteiger partial charge is 0.368 e. The Morgan fingerprint density at radius 1 is 1.18 bits per heavy atom. The molecule has 17 heavy (non-hydrogen) atoms. The maximum Gasteiger partial charge on any atom is 0.223 e. The smallest absolute Gasteiger partial charge is 0.223 e. The average Bonchev–Trinajstić information content (AvgIpc) is 2.62. The minimum atomic E-state index is -0.166. The lowest BCUT2D eigenvalue weighted by Crippen LogP contribution is -2.18. The minimum Gasteiger partial charge on any atom is -0.368 e. The third kappa shape index (κ3) is 2.41. The summed E-state index contributed by atoms with van der Waals surface area (Å²) in [5.74, 6) is 1.42. The molecule has 0 aromatic carbocycles. The summed E-state index contributed by atoms with van der Waals surface area (Å²) in [4.78, 5) is 12.7. The van der Waals surface area contributed by atoms with Crippen LogP contribution < -0.4 is 5.73 Å². The quantitative estimate of drug-likeness (QED) is 0.797. The van der Waals surface area contributed by atoms with Gasteiger partial charge in [-0.1, -0.05) is 20.8 Å². The van der Waals surface area contributed by atoms with Crippen LogP contribution in [0.5, 0.6) is 0 Å². The van der Waals surface area contributed by atoms with Crippen LogP contribution in [0.1, 0.15) is 26.6 Å². The van der Waals surface area contributed by atoms with Crippen LogP contribution in [0, 0.1) is 0 Å². The molecule has 2 aromatic rings. The molecular weight excluding hydrogens is 216 g/mol. The van der Waals surface area contributed by atoms with Crippen molar-refractivity contribution in [2.45, 2.75) is 26.2 Å². The van der Waals surface area contributed by atoms with E-state index in [2.05, 4.69) is 20.1 Å². The lowest BCUT2D eigenvalue weighted by Gasteiger charge is -2.16. The first-order valence-corrected chi connectivity index (χ1v) is 5.38. The summed E-state index contributed by atoms with van der Waals surface area (Å²) in [5.41, 5.74) is 6.24. The van der Waals surface area contributed by atoms with E-state index in [1.54, 1.807) is 4.68 Å². The Hall–Kier alpha value is -1.98. The molecule has 6 nitrogen and oxygen atoms in total. The normalized spacial score (nSPS) is 11.8. The number of nitrogens with zero attached hydrogens (tertiary/aromatic N) is 5. The van der Waals surface area contributed by atoms with E-state index < -0.39 is 0 Å². The Balaban J connectivity index is 2.52. The molecule has 0 atom stereocenters. The van der Waals surface area contributed by atoms with E-state index in [9.17, 15) is 0 Å². The Morgan fingerprint density at radius 3 is 2.41 bits per heavy atom. The second kappa shape index (κ2) is 3.80. The highest BCUT2D eigenvalue weighted by molar-refractivity contribution is 5.49. The maximum absolute atomic E-state index is 5.70. The van der Waals surface area contributed by atoms with E-state index in [0.717, 1.165) is 0 Å². The van der Waals surface area contributed by atoms with Gasteiger partial charge in [0.25, 0.3) is 0 Å². The van der Waals surface area contributed by atoms with Crippen molar-refractivity contribution in [3.63, 3.8) is 0 Å². The summed E-state index contributed by atoms with van der Waals surface area (Å²) >= 11 is 0. The van der Waals surface area contributed by atoms with Crippen LogP contribution in [0.25, 0.3) is 11.5 Å². The summed E-state index contributed by atoms with van der Waals surface area (Å²) in [6.07, 6.45) is 1.84. The summed E-state index contributed by atoms with van der Waals surface area (Å²) in [6.45, 7) is 6.10. The second-order valence-corrected chi connectivity index (χ2v) is 4.97. The van der Waals surface area contributed by atoms with Gasteiger partial charge in [-0.3, -0.25) is 4.68 Å². The first kappa shape index (κ1) is 11.5. The molecule has 2 N–H and O–H groups in total. The van der Waals surface area contributed by atoms with Gasteiger partial charge < -0.3 is 5.73 Å². The fourth-order valence-corrected chi connectivity index (χ4v) is 1.38. The van der Waals surface area contributed by atoms with Crippen LogP contribution in [0.4, 0.5) is 5.95 Å². The van der Waals surface area contributed by atoms with Gasteiger partial charge in [0.15, 0.2) is 5.82 Å². The molecule has 0 fully saturated rings. The Morgan fingerprint density at radius 2 is 1.88 bits per heavy atom. The Labute approximate surface area is 99.9 Å². The van der Waals surface area contributed by atoms with Crippen molar-refractivity contribution < 1.29 is 0 Å². The zero-order valence-corrected chi connectivity index (χ0v) is 10.5. The predicted octanol–water partition coefficient (Wildman–Crippen LogP) is 1.15. The van der Waals surface area contributed by atoms with Crippen molar-refractivity contribution in [2.24, 2.45) is 7.05 Å². The van der Waals surface area contributed by atoms with Crippen molar-refractivity contribution in [1.82, 2.24) is 24.7 Å². The molecule has 0 amide bonds. The average molecular weight is 232 g/mol. The van der Waals surface area contributed by atoms with E-state index in [1.165, 1.54) is 0 Å². The summed E-state index contributed by atoms with van der Waals surface area (Å²) < 4.78 is 1.70. The molecule has 90 valence electrons. The molecule has 2 aromatic heterocycles. The van der Waals surface area contributed by atoms with Crippen molar-refractivity contribution in [2.75, 3.05) is 5.73 Å². The molecule has 0 saturated heterocycles. The van der Waals surface area contributed by atoms with Crippen LogP contribution in [0.2, 0.25) is 0 Å². The van der Waals surface area contributed by atoms with E-state index >= 15 is 0 Å². The van der Waals surface area contributed by atoms with E-state index in [-0.39, 0.29) is 11.4 Å². The van der Waals surface area contributed by atoms with Gasteiger partial charge in [-0.2, -0.15) is 15.1 Å². The summed E-state index contributed by atoms with van der Waals surface area (Å²) in [7, 11) is 1.85. The van der Waals surface area contributed by atoms with E-state index in [0.29, 0.717) is 17.3 Å². The van der Waals surface area contributed by atoms with Crippen molar-refractivity contribution in [3.05, 3.63) is 18.1 Å². The number of aryl methyl sites for hydroxylation is 1. The van der Waals surface area contributed by atoms with Gasteiger partial charge in [-0.25, -0.2) is 4.98 Å². The highest BCUT2D eigenvalue weighted by Gasteiger charge is 2.20. The minimum absolute atomic E-state index is 0.166. The number of rotatable bonds is 1. The number of anilines is 1. The molecule has 2 heterocycles. The number of hydrogen-bond acceptors (Lipinski definition) is 5. The molecule has 2 rings (SSSR count). The van der Waals surface area contributed by atoms with Crippen LogP contribution in [-0.4, -0.2) is 24.7 Å². The van der Waals surface area contributed by atoms with Crippen LogP contribution >= 0.6 is 0 Å². The van der Waals surface area contributed by atoms with Gasteiger partial charge in [0.1, 0.15) is 11.5 Å². The van der Waals surface area contributed by atoms with Crippen molar-refractivity contribution >= 4 is 5.95 Å². The SMILES string of the molecule is Cn1ccc(-c2nc(N)nc(C(C)(C)C)n2)n1. The molecule has 6 heteroatoms. The van der Waals surface area contributed by atoms with Gasteiger partial charge in [-0.05, 0) is 6.07 Å². The standard InChI is InChI=1S/C11H16N6/c1-11(2,3)9-13-8(14-10(12)15-9)7-5-6-17(4)16-7/h5-6H,1-4H3,(H2,12,13,14,15). The van der Waals surface area contributed by atoms with Gasteiger partial charge >= 0.3 is 0 Å². The summed E-state index contributed by atoms with van der Waals surface area (Å²) in [6, 6.07) is 1.85. The van der Waals surface area contributed by atoms with Gasteiger partial charge in [0.05, 0.1) is 0 Å². The first-order valence-electron chi connectivity index (χ1n) is 5.38. The molecule has 0 saturated carbocycles. The van der Waals surface area contributed by atoms with Crippen molar-refractivity contribution in [1.29, 1.82) is 0 Å². The van der Waals surface area contributed by atoms with Crippen LogP contribution in [-0.2, 0) is 12.5 Å². The first-order chi connectivity index (χ1) is 7.86. The third-order valence-electron chi connectivity index (χ3n) is 2.27. The molecule has 0 aliphatic carbocycles.